The largest absolute Gasteiger partial charge is 0.383 e. The molecule has 8 nitrogen and oxygen atoms in total. The number of ether oxygens (including phenoxy) is 1. The molecule has 0 amide bonds. The van der Waals surface area contributed by atoms with Crippen molar-refractivity contribution < 1.29 is 4.74 Å². The lowest BCUT2D eigenvalue weighted by atomic mass is 10.2. The third-order valence-corrected chi connectivity index (χ3v) is 4.87. The van der Waals surface area contributed by atoms with Crippen LogP contribution in [-0.4, -0.2) is 44.1 Å². The van der Waals surface area contributed by atoms with E-state index in [1.165, 1.54) is 10.9 Å². The smallest absolute Gasteiger partial charge is 0.265 e. The Morgan fingerprint density at radius 1 is 1.00 bits per heavy atom. The average molecular weight is 398 g/mol. The molecule has 0 spiro atoms. The topological polar surface area (TPSA) is 87.2 Å². The van der Waals surface area contributed by atoms with Crippen molar-refractivity contribution in [3.05, 3.63) is 76.8 Å². The summed E-state index contributed by atoms with van der Waals surface area (Å²) >= 11 is 0. The molecule has 0 saturated heterocycles. The van der Waals surface area contributed by atoms with Crippen LogP contribution in [0.25, 0.3) is 33.2 Å². The van der Waals surface area contributed by atoms with Crippen molar-refractivity contribution in [2.75, 3.05) is 13.7 Å². The molecule has 0 aliphatic heterocycles. The van der Waals surface area contributed by atoms with E-state index in [9.17, 15) is 4.79 Å². The molecule has 5 aromatic rings. The zero-order valence-corrected chi connectivity index (χ0v) is 16.3. The molecule has 2 aromatic carbocycles. The van der Waals surface area contributed by atoms with Gasteiger partial charge in [0.15, 0.2) is 11.3 Å². The van der Waals surface area contributed by atoms with E-state index >= 15 is 0 Å². The fourth-order valence-corrected chi connectivity index (χ4v) is 3.38. The average Bonchev–Trinajstić information content (AvgIpc) is 3.09. The first-order chi connectivity index (χ1) is 14.8. The number of rotatable bonds is 5. The van der Waals surface area contributed by atoms with Crippen LogP contribution < -0.4 is 5.56 Å². The number of hydrogen-bond donors (Lipinski definition) is 0. The fourth-order valence-electron chi connectivity index (χ4n) is 3.38. The van der Waals surface area contributed by atoms with E-state index in [1.807, 2.05) is 54.6 Å². The summed E-state index contributed by atoms with van der Waals surface area (Å²) < 4.78 is 8.21. The molecule has 0 N–H and O–H groups in total. The van der Waals surface area contributed by atoms with Crippen molar-refractivity contribution in [1.82, 2.24) is 24.2 Å². The second-order valence-electron chi connectivity index (χ2n) is 6.79. The highest BCUT2D eigenvalue weighted by Crippen LogP contribution is 2.24. The minimum absolute atomic E-state index is 0.194. The van der Waals surface area contributed by atoms with Gasteiger partial charge in [0.05, 0.1) is 30.4 Å². The Hall–Kier alpha value is -3.91. The molecule has 3 aromatic heterocycles. The van der Waals surface area contributed by atoms with Crippen LogP contribution in [0.5, 0.6) is 0 Å². The summed E-state index contributed by atoms with van der Waals surface area (Å²) in [6.45, 7) is 0.811. The SMILES string of the molecule is COCCn1cnc2c(c1=O)c1nc3ccccc3nc1n2/N=C\c1ccccc1. The van der Waals surface area contributed by atoms with E-state index in [2.05, 4.69) is 10.1 Å². The Morgan fingerprint density at radius 3 is 2.50 bits per heavy atom. The Balaban J connectivity index is 1.82. The number of methoxy groups -OCH3 is 1. The zero-order valence-electron chi connectivity index (χ0n) is 16.3. The summed E-state index contributed by atoms with van der Waals surface area (Å²) in [6, 6.07) is 17.3. The molecule has 0 unspecified atom stereocenters. The monoisotopic (exact) mass is 398 g/mol. The molecule has 0 aliphatic rings. The minimum Gasteiger partial charge on any atom is -0.383 e. The van der Waals surface area contributed by atoms with Crippen LogP contribution in [0.15, 0.2) is 70.8 Å². The number of benzene rings is 2. The van der Waals surface area contributed by atoms with Crippen molar-refractivity contribution in [2.45, 2.75) is 6.54 Å². The van der Waals surface area contributed by atoms with Crippen LogP contribution in [0.3, 0.4) is 0 Å². The highest BCUT2D eigenvalue weighted by molar-refractivity contribution is 6.04. The Bertz CT molecular complexity index is 1450. The van der Waals surface area contributed by atoms with Crippen LogP contribution in [0.1, 0.15) is 5.56 Å². The van der Waals surface area contributed by atoms with Gasteiger partial charge >= 0.3 is 0 Å². The number of para-hydroxylation sites is 2. The molecule has 5 rings (SSSR count). The van der Waals surface area contributed by atoms with Gasteiger partial charge in [0.25, 0.3) is 5.56 Å². The van der Waals surface area contributed by atoms with E-state index in [0.29, 0.717) is 40.9 Å². The molecular weight excluding hydrogens is 380 g/mol. The van der Waals surface area contributed by atoms with Gasteiger partial charge in [0.1, 0.15) is 17.2 Å². The summed E-state index contributed by atoms with van der Waals surface area (Å²) in [5.41, 5.74) is 3.57. The van der Waals surface area contributed by atoms with E-state index in [1.54, 1.807) is 18.0 Å². The number of nitrogens with zero attached hydrogens (tertiary/aromatic N) is 6. The zero-order chi connectivity index (χ0) is 20.5. The van der Waals surface area contributed by atoms with Gasteiger partial charge in [-0.3, -0.25) is 9.36 Å². The molecular formula is C22H18N6O2. The van der Waals surface area contributed by atoms with Crippen molar-refractivity contribution in [3.63, 3.8) is 0 Å². The molecule has 8 heteroatoms. The van der Waals surface area contributed by atoms with Crippen LogP contribution in [0, 0.1) is 0 Å². The van der Waals surface area contributed by atoms with Crippen LogP contribution in [0.2, 0.25) is 0 Å². The molecule has 30 heavy (non-hydrogen) atoms. The molecule has 0 fully saturated rings. The summed E-state index contributed by atoms with van der Waals surface area (Å²) in [7, 11) is 1.60. The lowest BCUT2D eigenvalue weighted by Gasteiger charge is -2.04. The Labute approximate surface area is 171 Å². The van der Waals surface area contributed by atoms with Crippen LogP contribution in [-0.2, 0) is 11.3 Å². The van der Waals surface area contributed by atoms with E-state index in [-0.39, 0.29) is 5.56 Å². The second kappa shape index (κ2) is 7.49. The summed E-state index contributed by atoms with van der Waals surface area (Å²) in [5.74, 6) is 0. The number of hydrogen-bond acceptors (Lipinski definition) is 6. The standard InChI is InChI=1S/C22H18N6O2/c1-30-12-11-27-14-23-20-18(22(27)29)19-21(26-17-10-6-5-9-16(17)25-19)28(20)24-13-15-7-3-2-4-8-15/h2-10,13-14H,11-12H2,1H3/b24-13-. The molecule has 0 bridgehead atoms. The Morgan fingerprint density at radius 2 is 1.73 bits per heavy atom. The highest BCUT2D eigenvalue weighted by Gasteiger charge is 2.19. The van der Waals surface area contributed by atoms with Gasteiger partial charge < -0.3 is 4.74 Å². The third-order valence-electron chi connectivity index (χ3n) is 4.87. The quantitative estimate of drug-likeness (QED) is 0.425. The lowest BCUT2D eigenvalue weighted by molar-refractivity contribution is 0.186. The first kappa shape index (κ1) is 18.1. The first-order valence-corrected chi connectivity index (χ1v) is 9.51. The molecule has 0 aliphatic carbocycles. The summed E-state index contributed by atoms with van der Waals surface area (Å²) in [4.78, 5) is 27.2. The normalized spacial score (nSPS) is 11.9. The molecule has 3 heterocycles. The molecule has 0 atom stereocenters. The summed E-state index contributed by atoms with van der Waals surface area (Å²) in [5, 5.41) is 4.98. The predicted octanol–water partition coefficient (Wildman–Crippen LogP) is 2.82. The third kappa shape index (κ3) is 3.03. The van der Waals surface area contributed by atoms with Gasteiger partial charge in [0, 0.05) is 7.11 Å². The van der Waals surface area contributed by atoms with Gasteiger partial charge in [0.2, 0.25) is 0 Å². The fraction of sp³-hybridized carbons (Fsp3) is 0.136. The summed E-state index contributed by atoms with van der Waals surface area (Å²) in [6.07, 6.45) is 3.23. The van der Waals surface area contributed by atoms with E-state index in [0.717, 1.165) is 11.1 Å². The molecule has 0 radical (unpaired) electrons. The van der Waals surface area contributed by atoms with Crippen LogP contribution >= 0.6 is 0 Å². The van der Waals surface area contributed by atoms with Crippen LogP contribution in [0.4, 0.5) is 0 Å². The van der Waals surface area contributed by atoms with E-state index in [4.69, 9.17) is 14.7 Å². The minimum atomic E-state index is -0.194. The maximum absolute atomic E-state index is 13.2. The number of aromatic nitrogens is 5. The van der Waals surface area contributed by atoms with Gasteiger partial charge in [-0.25, -0.2) is 15.0 Å². The van der Waals surface area contributed by atoms with Gasteiger partial charge in [-0.1, -0.05) is 42.5 Å². The molecule has 0 saturated carbocycles. The van der Waals surface area contributed by atoms with Gasteiger partial charge in [-0.05, 0) is 17.7 Å². The maximum Gasteiger partial charge on any atom is 0.265 e. The predicted molar refractivity (Wildman–Crippen MR) is 116 cm³/mol. The lowest BCUT2D eigenvalue weighted by Crippen LogP contribution is -2.22. The number of fused-ring (bicyclic) bond motifs is 4. The molecule has 148 valence electrons. The van der Waals surface area contributed by atoms with Gasteiger partial charge in [-0.15, -0.1) is 0 Å². The van der Waals surface area contributed by atoms with Crippen molar-refractivity contribution in [1.29, 1.82) is 0 Å². The van der Waals surface area contributed by atoms with Gasteiger partial charge in [-0.2, -0.15) is 9.78 Å². The van der Waals surface area contributed by atoms with Crippen molar-refractivity contribution in [3.8, 4) is 0 Å². The first-order valence-electron chi connectivity index (χ1n) is 9.51. The van der Waals surface area contributed by atoms with Crippen molar-refractivity contribution >= 4 is 39.4 Å². The van der Waals surface area contributed by atoms with E-state index < -0.39 is 0 Å². The van der Waals surface area contributed by atoms with Crippen molar-refractivity contribution in [2.24, 2.45) is 5.10 Å². The highest BCUT2D eigenvalue weighted by atomic mass is 16.5. The maximum atomic E-state index is 13.2. The second-order valence-corrected chi connectivity index (χ2v) is 6.79. The Kier molecular flexibility index (Phi) is 4.53.